The van der Waals surface area contributed by atoms with Crippen LogP contribution in [0.5, 0.6) is 0 Å². The minimum absolute atomic E-state index is 0.134. The van der Waals surface area contributed by atoms with Crippen LogP contribution in [-0.2, 0) is 24.3 Å². The van der Waals surface area contributed by atoms with Gasteiger partial charge in [-0.25, -0.2) is 12.8 Å². The monoisotopic (exact) mass is 372 g/mol. The lowest BCUT2D eigenvalue weighted by atomic mass is 10.3. The van der Waals surface area contributed by atoms with Crippen LogP contribution in [0.15, 0.2) is 29.2 Å². The predicted octanol–water partition coefficient (Wildman–Crippen LogP) is 1.00. The molecule has 0 spiro atoms. The molecule has 1 atom stereocenters. The number of hydrogen-bond donors (Lipinski definition) is 0. The average Bonchev–Trinajstić information content (AvgIpc) is 3.08. The molecule has 2 rings (SSSR count). The largest absolute Gasteiger partial charge is 0.452 e. The van der Waals surface area contributed by atoms with Crippen molar-refractivity contribution in [1.29, 1.82) is 0 Å². The first kappa shape index (κ1) is 19.3. The smallest absolute Gasteiger partial charge is 0.322 e. The van der Waals surface area contributed by atoms with Gasteiger partial charge in [0.15, 0.2) is 6.10 Å². The van der Waals surface area contributed by atoms with E-state index in [1.54, 1.807) is 4.90 Å². The zero-order valence-corrected chi connectivity index (χ0v) is 15.0. The highest BCUT2D eigenvalue weighted by molar-refractivity contribution is 7.89. The lowest BCUT2D eigenvalue weighted by molar-refractivity contribution is -0.158. The summed E-state index contributed by atoms with van der Waals surface area (Å²) >= 11 is 0. The van der Waals surface area contributed by atoms with Gasteiger partial charge in [0.05, 0.1) is 4.90 Å². The van der Waals surface area contributed by atoms with Crippen LogP contribution in [0.2, 0.25) is 0 Å². The van der Waals surface area contributed by atoms with Crippen LogP contribution in [0.1, 0.15) is 19.8 Å². The van der Waals surface area contributed by atoms with Crippen molar-refractivity contribution in [3.63, 3.8) is 0 Å². The maximum absolute atomic E-state index is 12.9. The normalized spacial score (nSPS) is 16.1. The maximum atomic E-state index is 12.9. The van der Waals surface area contributed by atoms with Gasteiger partial charge in [-0.05, 0) is 44.0 Å². The first-order valence-corrected chi connectivity index (χ1v) is 9.36. The molecule has 138 valence electrons. The van der Waals surface area contributed by atoms with Crippen LogP contribution in [0.25, 0.3) is 0 Å². The van der Waals surface area contributed by atoms with Gasteiger partial charge >= 0.3 is 5.97 Å². The van der Waals surface area contributed by atoms with Crippen LogP contribution in [0.3, 0.4) is 0 Å². The van der Waals surface area contributed by atoms with E-state index in [9.17, 15) is 22.4 Å². The van der Waals surface area contributed by atoms with E-state index in [4.69, 9.17) is 4.74 Å². The number of carbonyl (C=O) groups excluding carboxylic acids is 2. The third-order valence-electron chi connectivity index (χ3n) is 3.95. The predicted molar refractivity (Wildman–Crippen MR) is 87.6 cm³/mol. The fourth-order valence-electron chi connectivity index (χ4n) is 2.53. The maximum Gasteiger partial charge on any atom is 0.322 e. The second kappa shape index (κ2) is 7.92. The zero-order valence-electron chi connectivity index (χ0n) is 14.1. The van der Waals surface area contributed by atoms with Gasteiger partial charge in [0, 0.05) is 20.1 Å². The fourth-order valence-corrected chi connectivity index (χ4v) is 3.65. The summed E-state index contributed by atoms with van der Waals surface area (Å²) in [6, 6.07) is 4.28. The van der Waals surface area contributed by atoms with Gasteiger partial charge in [-0.3, -0.25) is 9.59 Å². The summed E-state index contributed by atoms with van der Waals surface area (Å²) in [7, 11) is -2.74. The Kier molecular flexibility index (Phi) is 6.12. The molecule has 7 nitrogen and oxygen atoms in total. The van der Waals surface area contributed by atoms with Gasteiger partial charge < -0.3 is 9.64 Å². The van der Waals surface area contributed by atoms with E-state index in [0.29, 0.717) is 13.1 Å². The second-order valence-electron chi connectivity index (χ2n) is 5.88. The standard InChI is InChI=1S/C16H21FN2O5S/c1-12(16(21)19-9-3-4-10-19)24-15(20)11-18(2)25(22,23)14-7-5-13(17)6-8-14/h5-8,12H,3-4,9-11H2,1-2H3/t12-/m0/s1. The molecule has 0 N–H and O–H groups in total. The molecule has 0 unspecified atom stereocenters. The second-order valence-corrected chi connectivity index (χ2v) is 7.92. The molecule has 25 heavy (non-hydrogen) atoms. The van der Waals surface area contributed by atoms with Gasteiger partial charge in [-0.1, -0.05) is 0 Å². The number of sulfonamides is 1. The highest BCUT2D eigenvalue weighted by atomic mass is 32.2. The van der Waals surface area contributed by atoms with Crippen LogP contribution in [0.4, 0.5) is 4.39 Å². The number of likely N-dealkylation sites (N-methyl/N-ethyl adjacent to an activating group) is 1. The minimum Gasteiger partial charge on any atom is -0.452 e. The van der Waals surface area contributed by atoms with Crippen LogP contribution in [0, 0.1) is 5.82 Å². The van der Waals surface area contributed by atoms with E-state index in [2.05, 4.69) is 0 Å². The van der Waals surface area contributed by atoms with Crippen molar-refractivity contribution >= 4 is 21.9 Å². The summed E-state index contributed by atoms with van der Waals surface area (Å²) < 4.78 is 43.4. The number of amides is 1. The molecule has 9 heteroatoms. The Morgan fingerprint density at radius 2 is 1.80 bits per heavy atom. The van der Waals surface area contributed by atoms with Crippen LogP contribution < -0.4 is 0 Å². The van der Waals surface area contributed by atoms with Gasteiger partial charge in [0.2, 0.25) is 10.0 Å². The summed E-state index contributed by atoms with van der Waals surface area (Å²) in [5.74, 6) is -1.67. The van der Waals surface area contributed by atoms with E-state index in [-0.39, 0.29) is 10.8 Å². The molecule has 0 radical (unpaired) electrons. The molecule has 1 heterocycles. The molecule has 0 aliphatic carbocycles. The molecule has 1 aliphatic heterocycles. The summed E-state index contributed by atoms with van der Waals surface area (Å²) in [5, 5.41) is 0. The van der Waals surface area contributed by atoms with Crippen molar-refractivity contribution in [2.45, 2.75) is 30.8 Å². The highest BCUT2D eigenvalue weighted by Gasteiger charge is 2.28. The minimum atomic E-state index is -3.95. The van der Waals surface area contributed by atoms with Crippen molar-refractivity contribution in [1.82, 2.24) is 9.21 Å². The lowest BCUT2D eigenvalue weighted by Gasteiger charge is -2.22. The third kappa shape index (κ3) is 4.76. The van der Waals surface area contributed by atoms with Crippen LogP contribution >= 0.6 is 0 Å². The average molecular weight is 372 g/mol. The molecule has 0 bridgehead atoms. The lowest BCUT2D eigenvalue weighted by Crippen LogP contribution is -2.40. The van der Waals surface area contributed by atoms with E-state index in [0.717, 1.165) is 41.4 Å². The number of rotatable bonds is 6. The molecule has 1 aromatic rings. The quantitative estimate of drug-likeness (QED) is 0.696. The SMILES string of the molecule is C[C@H](OC(=O)CN(C)S(=O)(=O)c1ccc(F)cc1)C(=O)N1CCCC1. The molecule has 1 amide bonds. The van der Waals surface area contributed by atoms with Gasteiger partial charge in [-0.15, -0.1) is 0 Å². The number of carbonyl (C=O) groups is 2. The summed E-state index contributed by atoms with van der Waals surface area (Å²) in [6.45, 7) is 2.20. The Bertz CT molecular complexity index is 729. The Morgan fingerprint density at radius 1 is 1.24 bits per heavy atom. The van der Waals surface area contributed by atoms with Crippen molar-refractivity contribution in [3.05, 3.63) is 30.1 Å². The van der Waals surface area contributed by atoms with Crippen molar-refractivity contribution in [2.24, 2.45) is 0 Å². The topological polar surface area (TPSA) is 84.0 Å². The van der Waals surface area contributed by atoms with Crippen LogP contribution in [-0.4, -0.2) is 62.3 Å². The van der Waals surface area contributed by atoms with Crippen molar-refractivity contribution in [2.75, 3.05) is 26.7 Å². The first-order valence-electron chi connectivity index (χ1n) is 7.92. The molecule has 1 saturated heterocycles. The van der Waals surface area contributed by atoms with E-state index < -0.39 is 34.5 Å². The number of likely N-dealkylation sites (tertiary alicyclic amines) is 1. The Hall–Kier alpha value is -2.00. The van der Waals surface area contributed by atoms with E-state index in [1.807, 2.05) is 0 Å². The van der Waals surface area contributed by atoms with Gasteiger partial charge in [0.1, 0.15) is 12.4 Å². The number of hydrogen-bond acceptors (Lipinski definition) is 5. The first-order chi connectivity index (χ1) is 11.7. The summed E-state index contributed by atoms with van der Waals surface area (Å²) in [6.07, 6.45) is 0.878. The highest BCUT2D eigenvalue weighted by Crippen LogP contribution is 2.15. The van der Waals surface area contributed by atoms with Crippen molar-refractivity contribution in [3.8, 4) is 0 Å². The Morgan fingerprint density at radius 3 is 2.36 bits per heavy atom. The summed E-state index contributed by atoms with van der Waals surface area (Å²) in [4.78, 5) is 25.5. The van der Waals surface area contributed by atoms with E-state index in [1.165, 1.54) is 14.0 Å². The summed E-state index contributed by atoms with van der Waals surface area (Å²) in [5.41, 5.74) is 0. The molecule has 1 aliphatic rings. The molecular weight excluding hydrogens is 351 g/mol. The molecule has 1 fully saturated rings. The Labute approximate surface area is 146 Å². The fraction of sp³-hybridized carbons (Fsp3) is 0.500. The zero-order chi connectivity index (χ0) is 18.6. The van der Waals surface area contributed by atoms with Gasteiger partial charge in [-0.2, -0.15) is 4.31 Å². The number of esters is 1. The molecule has 0 aromatic heterocycles. The van der Waals surface area contributed by atoms with Gasteiger partial charge in [0.25, 0.3) is 5.91 Å². The van der Waals surface area contributed by atoms with E-state index >= 15 is 0 Å². The molecular formula is C16H21FN2O5S. The molecule has 0 saturated carbocycles. The number of benzene rings is 1. The Balaban J connectivity index is 1.94. The number of nitrogens with zero attached hydrogens (tertiary/aromatic N) is 2. The number of halogens is 1. The number of ether oxygens (including phenoxy) is 1. The third-order valence-corrected chi connectivity index (χ3v) is 5.76. The molecule has 1 aromatic carbocycles. The van der Waals surface area contributed by atoms with Crippen molar-refractivity contribution < 1.29 is 27.1 Å².